The fourth-order valence-electron chi connectivity index (χ4n) is 2.01. The Bertz CT molecular complexity index is 265. The van der Waals surface area contributed by atoms with E-state index in [0.717, 1.165) is 6.61 Å². The van der Waals surface area contributed by atoms with Crippen molar-refractivity contribution in [2.75, 3.05) is 18.1 Å². The van der Waals surface area contributed by atoms with Crippen LogP contribution in [0.5, 0.6) is 0 Å². The maximum absolute atomic E-state index is 5.64. The lowest BCUT2D eigenvalue weighted by atomic mass is 10.0. The summed E-state index contributed by atoms with van der Waals surface area (Å²) >= 11 is 2.05. The summed E-state index contributed by atoms with van der Waals surface area (Å²) in [6.07, 6.45) is 3.48. The molecule has 0 fully saturated rings. The molecule has 0 unspecified atom stereocenters. The van der Waals surface area contributed by atoms with E-state index in [1.165, 1.54) is 29.3 Å². The van der Waals surface area contributed by atoms with Crippen LogP contribution in [-0.4, -0.2) is 18.1 Å². The van der Waals surface area contributed by atoms with Gasteiger partial charge in [0.25, 0.3) is 0 Å². The maximum atomic E-state index is 5.64. The molecule has 1 atom stereocenters. The molecule has 2 aliphatic rings. The molecule has 0 spiro atoms. The maximum Gasteiger partial charge on any atom is 0.119 e. The molecule has 2 heteroatoms. The molecule has 0 radical (unpaired) electrons. The molecule has 0 saturated heterocycles. The van der Waals surface area contributed by atoms with E-state index in [-0.39, 0.29) is 0 Å². The fourth-order valence-corrected chi connectivity index (χ4v) is 3.16. The molecule has 0 bridgehead atoms. The molecule has 13 heavy (non-hydrogen) atoms. The molecule has 0 saturated carbocycles. The number of ether oxygens (including phenoxy) is 1. The Morgan fingerprint density at radius 1 is 1.62 bits per heavy atom. The first-order valence-electron chi connectivity index (χ1n) is 4.97. The van der Waals surface area contributed by atoms with Crippen LogP contribution < -0.4 is 0 Å². The van der Waals surface area contributed by atoms with Gasteiger partial charge in [-0.15, -0.1) is 0 Å². The van der Waals surface area contributed by atoms with Gasteiger partial charge in [-0.1, -0.05) is 6.92 Å². The summed E-state index contributed by atoms with van der Waals surface area (Å²) in [5.74, 6) is 4.26. The first kappa shape index (κ1) is 9.20. The summed E-state index contributed by atoms with van der Waals surface area (Å²) in [7, 11) is 0. The minimum absolute atomic E-state index is 0.615. The van der Waals surface area contributed by atoms with Crippen LogP contribution in [0.1, 0.15) is 20.3 Å². The van der Waals surface area contributed by atoms with Gasteiger partial charge in [0, 0.05) is 11.7 Å². The van der Waals surface area contributed by atoms with Crippen molar-refractivity contribution in [3.05, 3.63) is 23.0 Å². The van der Waals surface area contributed by atoms with Gasteiger partial charge in [0.2, 0.25) is 0 Å². The number of rotatable bonds is 2. The van der Waals surface area contributed by atoms with E-state index >= 15 is 0 Å². The van der Waals surface area contributed by atoms with Crippen LogP contribution >= 0.6 is 11.8 Å². The molecule has 1 aliphatic heterocycles. The monoisotopic (exact) mass is 196 g/mol. The van der Waals surface area contributed by atoms with Gasteiger partial charge >= 0.3 is 0 Å². The lowest BCUT2D eigenvalue weighted by Gasteiger charge is -2.18. The highest BCUT2D eigenvalue weighted by Crippen LogP contribution is 2.39. The summed E-state index contributed by atoms with van der Waals surface area (Å²) in [5.41, 5.74) is 3.12. The predicted octanol–water partition coefficient (Wildman–Crippen LogP) is 2.99. The van der Waals surface area contributed by atoms with E-state index in [9.17, 15) is 0 Å². The molecular weight excluding hydrogens is 180 g/mol. The van der Waals surface area contributed by atoms with Crippen LogP contribution in [0, 0.1) is 5.92 Å². The molecule has 72 valence electrons. The van der Waals surface area contributed by atoms with Crippen LogP contribution in [0.15, 0.2) is 23.0 Å². The highest BCUT2D eigenvalue weighted by Gasteiger charge is 2.26. The van der Waals surface area contributed by atoms with Crippen LogP contribution in [0.3, 0.4) is 0 Å². The van der Waals surface area contributed by atoms with E-state index in [4.69, 9.17) is 4.74 Å². The quantitative estimate of drug-likeness (QED) is 0.671. The third-order valence-corrected chi connectivity index (χ3v) is 3.70. The van der Waals surface area contributed by atoms with E-state index < -0.39 is 0 Å². The average Bonchev–Trinajstić information content (AvgIpc) is 2.46. The number of thioether (sulfide) groups is 1. The topological polar surface area (TPSA) is 9.23 Å². The van der Waals surface area contributed by atoms with Gasteiger partial charge in [0.05, 0.1) is 6.61 Å². The lowest BCUT2D eigenvalue weighted by molar-refractivity contribution is 0.236. The zero-order valence-electron chi connectivity index (χ0n) is 8.30. The molecular formula is C11H16OS. The van der Waals surface area contributed by atoms with Gasteiger partial charge in [-0.3, -0.25) is 0 Å². The molecule has 0 aromatic heterocycles. The van der Waals surface area contributed by atoms with Crippen LogP contribution in [0.25, 0.3) is 0 Å². The Morgan fingerprint density at radius 3 is 3.23 bits per heavy atom. The lowest BCUT2D eigenvalue weighted by Crippen LogP contribution is -2.05. The first-order valence-corrected chi connectivity index (χ1v) is 6.13. The number of hydrogen-bond acceptors (Lipinski definition) is 2. The first-order chi connectivity index (χ1) is 6.33. The van der Waals surface area contributed by atoms with Gasteiger partial charge in [0.15, 0.2) is 0 Å². The van der Waals surface area contributed by atoms with Crippen molar-refractivity contribution in [3.63, 3.8) is 0 Å². The highest BCUT2D eigenvalue weighted by atomic mass is 32.2. The smallest absolute Gasteiger partial charge is 0.119 e. The van der Waals surface area contributed by atoms with Crippen molar-refractivity contribution in [1.82, 2.24) is 0 Å². The molecule has 0 aromatic rings. The third-order valence-electron chi connectivity index (χ3n) is 2.69. The summed E-state index contributed by atoms with van der Waals surface area (Å²) in [4.78, 5) is 0. The van der Waals surface area contributed by atoms with Gasteiger partial charge in [-0.25, -0.2) is 0 Å². The summed E-state index contributed by atoms with van der Waals surface area (Å²) in [6.45, 7) is 5.12. The van der Waals surface area contributed by atoms with Crippen molar-refractivity contribution >= 4 is 11.8 Å². The molecule has 0 aromatic carbocycles. The minimum atomic E-state index is 0.615. The Kier molecular flexibility index (Phi) is 2.68. The molecule has 1 nitrogen and oxygen atoms in total. The predicted molar refractivity (Wildman–Crippen MR) is 57.8 cm³/mol. The molecule has 1 heterocycles. The second-order valence-electron chi connectivity index (χ2n) is 3.56. The largest absolute Gasteiger partial charge is 0.494 e. The van der Waals surface area contributed by atoms with Gasteiger partial charge in [-0.05, 0) is 36.3 Å². The van der Waals surface area contributed by atoms with Crippen LogP contribution in [0.2, 0.25) is 0 Å². The van der Waals surface area contributed by atoms with E-state index in [1.54, 1.807) is 5.57 Å². The second kappa shape index (κ2) is 3.79. The zero-order valence-corrected chi connectivity index (χ0v) is 9.12. The number of hydrogen-bond donors (Lipinski definition) is 0. The molecule has 2 rings (SSSR count). The summed E-state index contributed by atoms with van der Waals surface area (Å²) < 4.78 is 5.64. The Balaban J connectivity index is 2.21. The Hall–Kier alpha value is -0.370. The fraction of sp³-hybridized carbons (Fsp3) is 0.636. The normalized spacial score (nSPS) is 27.2. The van der Waals surface area contributed by atoms with Crippen molar-refractivity contribution in [2.24, 2.45) is 5.92 Å². The van der Waals surface area contributed by atoms with E-state index in [1.807, 2.05) is 11.8 Å². The summed E-state index contributed by atoms with van der Waals surface area (Å²) in [5, 5.41) is 0. The van der Waals surface area contributed by atoms with Crippen molar-refractivity contribution in [3.8, 4) is 0 Å². The minimum Gasteiger partial charge on any atom is -0.494 e. The Labute approximate surface area is 84.2 Å². The van der Waals surface area contributed by atoms with Crippen LogP contribution in [0.4, 0.5) is 0 Å². The van der Waals surface area contributed by atoms with E-state index in [2.05, 4.69) is 19.9 Å². The number of allylic oxidation sites excluding steroid dienone is 2. The van der Waals surface area contributed by atoms with Crippen molar-refractivity contribution in [2.45, 2.75) is 20.3 Å². The highest BCUT2D eigenvalue weighted by molar-refractivity contribution is 7.99. The van der Waals surface area contributed by atoms with Crippen molar-refractivity contribution < 1.29 is 4.74 Å². The standard InChI is InChI=1S/C11H16OS/c1-3-12-11-6-8(2)10-7-13-5-4-9(10)11/h6,8H,3-5,7H2,1-2H3/t8-/m0/s1. The molecule has 0 N–H and O–H groups in total. The van der Waals surface area contributed by atoms with Gasteiger partial charge in [0.1, 0.15) is 5.76 Å². The van der Waals surface area contributed by atoms with Crippen LogP contribution in [-0.2, 0) is 4.74 Å². The zero-order chi connectivity index (χ0) is 9.26. The second-order valence-corrected chi connectivity index (χ2v) is 4.66. The van der Waals surface area contributed by atoms with Gasteiger partial charge in [-0.2, -0.15) is 11.8 Å². The SMILES string of the molecule is CCOC1=C[C@H](C)C2=C1CCSC2. The molecule has 0 amide bonds. The third kappa shape index (κ3) is 1.64. The van der Waals surface area contributed by atoms with Crippen molar-refractivity contribution in [1.29, 1.82) is 0 Å². The molecule has 1 aliphatic carbocycles. The van der Waals surface area contributed by atoms with E-state index in [0.29, 0.717) is 5.92 Å². The summed E-state index contributed by atoms with van der Waals surface area (Å²) in [6, 6.07) is 0. The average molecular weight is 196 g/mol. The Morgan fingerprint density at radius 2 is 2.46 bits per heavy atom. The van der Waals surface area contributed by atoms with Gasteiger partial charge < -0.3 is 4.74 Å².